The zero-order valence-electron chi connectivity index (χ0n) is 12.9. The Morgan fingerprint density at radius 1 is 1.36 bits per heavy atom. The molecule has 1 aliphatic rings. The predicted octanol–water partition coefficient (Wildman–Crippen LogP) is 1.17. The van der Waals surface area contributed by atoms with E-state index in [2.05, 4.69) is 20.1 Å². The highest BCUT2D eigenvalue weighted by atomic mass is 35.5. The lowest BCUT2D eigenvalue weighted by Crippen LogP contribution is -2.49. The third kappa shape index (κ3) is 3.26. The summed E-state index contributed by atoms with van der Waals surface area (Å²) in [5, 5.41) is 31.1. The maximum atomic E-state index is 11.2. The number of oxime groups is 1. The summed E-state index contributed by atoms with van der Waals surface area (Å²) in [5.74, 6) is 0.160. The lowest BCUT2D eigenvalue weighted by Gasteiger charge is -2.36. The Morgan fingerprint density at radius 3 is 2.64 bits per heavy atom. The van der Waals surface area contributed by atoms with Crippen LogP contribution in [0.2, 0.25) is 5.02 Å². The van der Waals surface area contributed by atoms with Crippen LogP contribution in [-0.2, 0) is 0 Å². The summed E-state index contributed by atoms with van der Waals surface area (Å²) in [6, 6.07) is 4.56. The molecule has 3 N–H and O–H groups in total. The highest BCUT2D eigenvalue weighted by molar-refractivity contribution is 6.30. The fraction of sp³-hybridized carbons (Fsp3) is 0.308. The molecule has 0 bridgehead atoms. The first-order valence-electron chi connectivity index (χ1n) is 7.25. The fourth-order valence-electron chi connectivity index (χ4n) is 2.68. The summed E-state index contributed by atoms with van der Waals surface area (Å²) < 4.78 is 4.52. The minimum atomic E-state index is -0.462. The van der Waals surface area contributed by atoms with E-state index in [4.69, 9.17) is 17.3 Å². The van der Waals surface area contributed by atoms with Gasteiger partial charge in [0.05, 0.1) is 4.92 Å². The maximum absolute atomic E-state index is 11.2. The number of nitrogens with two attached hydrogens (primary N) is 1. The first-order valence-corrected chi connectivity index (χ1v) is 7.63. The van der Waals surface area contributed by atoms with Crippen LogP contribution in [0.15, 0.2) is 28.0 Å². The van der Waals surface area contributed by atoms with Crippen LogP contribution in [0.25, 0.3) is 0 Å². The van der Waals surface area contributed by atoms with Crippen molar-refractivity contribution < 1.29 is 14.8 Å². The molecule has 2 heterocycles. The molecular weight excluding hydrogens is 354 g/mol. The maximum Gasteiger partial charge on any atom is 0.294 e. The van der Waals surface area contributed by atoms with E-state index >= 15 is 0 Å². The van der Waals surface area contributed by atoms with Crippen molar-refractivity contribution in [2.24, 2.45) is 5.16 Å². The molecule has 3 rings (SSSR count). The van der Waals surface area contributed by atoms with Crippen molar-refractivity contribution in [1.29, 1.82) is 0 Å². The molecule has 0 saturated carbocycles. The van der Waals surface area contributed by atoms with Gasteiger partial charge in [-0.05, 0) is 22.4 Å². The molecule has 1 aromatic carbocycles. The van der Waals surface area contributed by atoms with Crippen LogP contribution in [0.5, 0.6) is 0 Å². The summed E-state index contributed by atoms with van der Waals surface area (Å²) in [4.78, 5) is 14.4. The molecule has 0 amide bonds. The van der Waals surface area contributed by atoms with Crippen LogP contribution in [0.4, 0.5) is 17.2 Å². The molecule has 0 spiro atoms. The van der Waals surface area contributed by atoms with Gasteiger partial charge in [0.1, 0.15) is 5.69 Å². The van der Waals surface area contributed by atoms with Crippen LogP contribution in [0.3, 0.4) is 0 Å². The van der Waals surface area contributed by atoms with Crippen molar-refractivity contribution in [3.8, 4) is 0 Å². The number of nitrogen functional groups attached to an aromatic ring is 1. The fourth-order valence-corrected chi connectivity index (χ4v) is 2.85. The third-order valence-corrected chi connectivity index (χ3v) is 4.11. The molecule has 0 radical (unpaired) electrons. The number of hydrogen-bond donors (Lipinski definition) is 2. The Bertz CT molecular complexity index is 816. The van der Waals surface area contributed by atoms with Gasteiger partial charge in [-0.1, -0.05) is 16.8 Å². The van der Waals surface area contributed by atoms with Gasteiger partial charge in [-0.25, -0.2) is 4.63 Å². The standard InChI is InChI=1S/C13H14ClN7O4/c14-8-1-2-9(10(7-8)21(23)24)19-3-5-20(6-4-19)13(16-22)11-12(15)18-25-17-11/h1-2,7,22H,3-6H2,(H2,15,18). The second kappa shape index (κ2) is 6.81. The number of nitro groups is 1. The van der Waals surface area contributed by atoms with E-state index in [0.717, 1.165) is 0 Å². The second-order valence-corrected chi connectivity index (χ2v) is 5.72. The molecule has 2 aromatic rings. The zero-order valence-corrected chi connectivity index (χ0v) is 13.6. The van der Waals surface area contributed by atoms with Crippen molar-refractivity contribution in [1.82, 2.24) is 15.2 Å². The number of rotatable bonds is 3. The van der Waals surface area contributed by atoms with E-state index in [1.807, 2.05) is 4.90 Å². The van der Waals surface area contributed by atoms with E-state index in [1.54, 1.807) is 17.0 Å². The average molecular weight is 368 g/mol. The number of halogens is 1. The highest BCUT2D eigenvalue weighted by Gasteiger charge is 2.28. The summed E-state index contributed by atoms with van der Waals surface area (Å²) in [6.45, 7) is 1.80. The Kier molecular flexibility index (Phi) is 4.57. The first kappa shape index (κ1) is 16.8. The zero-order chi connectivity index (χ0) is 18.0. The Balaban J connectivity index is 1.76. The Labute approximate surface area is 146 Å². The van der Waals surface area contributed by atoms with E-state index in [1.165, 1.54) is 6.07 Å². The Hall–Kier alpha value is -3.08. The lowest BCUT2D eigenvalue weighted by molar-refractivity contribution is -0.384. The Morgan fingerprint density at radius 2 is 2.08 bits per heavy atom. The van der Waals surface area contributed by atoms with Gasteiger partial charge in [-0.3, -0.25) is 10.1 Å². The number of amidine groups is 1. The topological polar surface area (TPSA) is 147 Å². The van der Waals surface area contributed by atoms with E-state index in [-0.39, 0.29) is 23.0 Å². The molecular formula is C13H14ClN7O4. The van der Waals surface area contributed by atoms with Gasteiger partial charge >= 0.3 is 0 Å². The van der Waals surface area contributed by atoms with Crippen molar-refractivity contribution in [3.05, 3.63) is 39.0 Å². The van der Waals surface area contributed by atoms with Gasteiger partial charge in [0.25, 0.3) is 5.69 Å². The number of anilines is 2. The van der Waals surface area contributed by atoms with Gasteiger partial charge < -0.3 is 20.7 Å². The number of hydrogen-bond acceptors (Lipinski definition) is 9. The van der Waals surface area contributed by atoms with E-state index in [0.29, 0.717) is 36.9 Å². The first-order chi connectivity index (χ1) is 12.0. The summed E-state index contributed by atoms with van der Waals surface area (Å²) in [5.41, 5.74) is 6.20. The minimum Gasteiger partial charge on any atom is -0.409 e. The SMILES string of the molecule is Nc1nonc1C(=NO)N1CCN(c2ccc(Cl)cc2[N+](=O)[O-])CC1. The van der Waals surface area contributed by atoms with Crippen LogP contribution >= 0.6 is 11.6 Å². The minimum absolute atomic E-state index is 0.0172. The molecule has 1 aromatic heterocycles. The molecule has 0 aliphatic carbocycles. The summed E-state index contributed by atoms with van der Waals surface area (Å²) in [7, 11) is 0. The molecule has 12 heteroatoms. The molecule has 0 unspecified atom stereocenters. The predicted molar refractivity (Wildman–Crippen MR) is 88.9 cm³/mol. The molecule has 1 saturated heterocycles. The highest BCUT2D eigenvalue weighted by Crippen LogP contribution is 2.31. The molecule has 11 nitrogen and oxygen atoms in total. The molecule has 1 fully saturated rings. The molecule has 0 atom stereocenters. The monoisotopic (exact) mass is 367 g/mol. The van der Waals surface area contributed by atoms with Crippen molar-refractivity contribution >= 4 is 34.6 Å². The summed E-state index contributed by atoms with van der Waals surface area (Å²) in [6.07, 6.45) is 0. The normalized spacial score (nSPS) is 15.5. The number of aromatic nitrogens is 2. The van der Waals surface area contributed by atoms with E-state index in [9.17, 15) is 15.3 Å². The van der Waals surface area contributed by atoms with Crippen LogP contribution in [0, 0.1) is 10.1 Å². The lowest BCUT2D eigenvalue weighted by atomic mass is 10.2. The number of nitro benzene ring substituents is 1. The smallest absolute Gasteiger partial charge is 0.294 e. The van der Waals surface area contributed by atoms with Crippen molar-refractivity contribution in [2.45, 2.75) is 0 Å². The van der Waals surface area contributed by atoms with Crippen molar-refractivity contribution in [2.75, 3.05) is 36.8 Å². The van der Waals surface area contributed by atoms with Gasteiger partial charge in [-0.15, -0.1) is 0 Å². The molecule has 132 valence electrons. The van der Waals surface area contributed by atoms with Crippen molar-refractivity contribution in [3.63, 3.8) is 0 Å². The third-order valence-electron chi connectivity index (χ3n) is 3.87. The molecule has 25 heavy (non-hydrogen) atoms. The molecule has 1 aliphatic heterocycles. The van der Waals surface area contributed by atoms with Gasteiger partial charge in [0.15, 0.2) is 11.5 Å². The summed E-state index contributed by atoms with van der Waals surface area (Å²) >= 11 is 5.85. The van der Waals surface area contributed by atoms with Crippen LogP contribution in [-0.4, -0.2) is 57.4 Å². The van der Waals surface area contributed by atoms with Gasteiger partial charge in [0.2, 0.25) is 5.84 Å². The van der Waals surface area contributed by atoms with Crippen LogP contribution in [0.1, 0.15) is 5.69 Å². The quantitative estimate of drug-likeness (QED) is 0.268. The number of benzene rings is 1. The second-order valence-electron chi connectivity index (χ2n) is 5.29. The van der Waals surface area contributed by atoms with Gasteiger partial charge in [0, 0.05) is 37.3 Å². The number of nitrogens with zero attached hydrogens (tertiary/aromatic N) is 6. The largest absolute Gasteiger partial charge is 0.409 e. The van der Waals surface area contributed by atoms with Crippen LogP contribution < -0.4 is 10.6 Å². The van der Waals surface area contributed by atoms with E-state index < -0.39 is 4.92 Å². The number of piperazine rings is 1. The van der Waals surface area contributed by atoms with Gasteiger partial charge in [-0.2, -0.15) is 0 Å². The average Bonchev–Trinajstić information content (AvgIpc) is 3.02.